The lowest BCUT2D eigenvalue weighted by atomic mass is 10.3. The molecular formula is C9H12O5. The average molecular weight is 200 g/mol. The van der Waals surface area contributed by atoms with Crippen LogP contribution in [0.15, 0.2) is 12.0 Å². The molecule has 0 saturated carbocycles. The van der Waals surface area contributed by atoms with Gasteiger partial charge in [0.05, 0.1) is 0 Å². The summed E-state index contributed by atoms with van der Waals surface area (Å²) in [7, 11) is 0. The molecule has 0 aliphatic heterocycles. The number of ketones is 1. The van der Waals surface area contributed by atoms with Crippen molar-refractivity contribution in [1.29, 1.82) is 0 Å². The standard InChI is InChI=1S/C9H12O5/c1-4-9(13-7(3)11)14-8(12)5-6(2)10/h4H,5H2,1-3H3. The number of ether oxygens (including phenoxy) is 2. The fourth-order valence-corrected chi connectivity index (χ4v) is 0.632. The summed E-state index contributed by atoms with van der Waals surface area (Å²) in [6.45, 7) is 3.99. The van der Waals surface area contributed by atoms with Gasteiger partial charge in [0, 0.05) is 6.92 Å². The molecule has 0 bridgehead atoms. The lowest BCUT2D eigenvalue weighted by molar-refractivity contribution is -0.153. The second-order valence-electron chi connectivity index (χ2n) is 2.55. The number of rotatable bonds is 4. The van der Waals surface area contributed by atoms with Gasteiger partial charge in [-0.1, -0.05) is 0 Å². The highest BCUT2D eigenvalue weighted by Crippen LogP contribution is 2.02. The van der Waals surface area contributed by atoms with Crippen molar-refractivity contribution in [2.45, 2.75) is 27.2 Å². The Bertz CT molecular complexity index is 277. The Morgan fingerprint density at radius 1 is 1.14 bits per heavy atom. The smallest absolute Gasteiger partial charge is 0.321 e. The Hall–Kier alpha value is -1.65. The van der Waals surface area contributed by atoms with E-state index in [1.165, 1.54) is 19.9 Å². The minimum Gasteiger partial charge on any atom is -0.393 e. The first-order valence-corrected chi connectivity index (χ1v) is 4.00. The summed E-state index contributed by atoms with van der Waals surface area (Å²) >= 11 is 0. The van der Waals surface area contributed by atoms with E-state index in [1.807, 2.05) is 0 Å². The second kappa shape index (κ2) is 5.90. The largest absolute Gasteiger partial charge is 0.393 e. The minimum absolute atomic E-state index is 0.205. The summed E-state index contributed by atoms with van der Waals surface area (Å²) in [4.78, 5) is 31.9. The van der Waals surface area contributed by atoms with Crippen LogP contribution < -0.4 is 0 Å². The fraction of sp³-hybridized carbons (Fsp3) is 0.444. The predicted molar refractivity (Wildman–Crippen MR) is 46.9 cm³/mol. The van der Waals surface area contributed by atoms with E-state index in [-0.39, 0.29) is 18.1 Å². The highest BCUT2D eigenvalue weighted by molar-refractivity contribution is 5.94. The summed E-state index contributed by atoms with van der Waals surface area (Å²) in [5, 5.41) is 0. The third-order valence-electron chi connectivity index (χ3n) is 1.09. The van der Waals surface area contributed by atoms with Crippen molar-refractivity contribution in [1.82, 2.24) is 0 Å². The minimum atomic E-state index is -0.744. The van der Waals surface area contributed by atoms with Crippen LogP contribution >= 0.6 is 0 Å². The van der Waals surface area contributed by atoms with Gasteiger partial charge in [0.1, 0.15) is 12.2 Å². The highest BCUT2D eigenvalue weighted by atomic mass is 16.7. The number of esters is 2. The molecule has 0 aliphatic rings. The van der Waals surface area contributed by atoms with Crippen LogP contribution in [-0.2, 0) is 23.9 Å². The van der Waals surface area contributed by atoms with Crippen molar-refractivity contribution < 1.29 is 23.9 Å². The van der Waals surface area contributed by atoms with E-state index in [0.29, 0.717) is 0 Å². The van der Waals surface area contributed by atoms with Gasteiger partial charge in [-0.15, -0.1) is 0 Å². The molecule has 0 aromatic carbocycles. The summed E-state index contributed by atoms with van der Waals surface area (Å²) in [6, 6.07) is 0. The molecule has 0 amide bonds. The van der Waals surface area contributed by atoms with Gasteiger partial charge in [0.2, 0.25) is 0 Å². The van der Waals surface area contributed by atoms with Crippen LogP contribution in [0.4, 0.5) is 0 Å². The maximum absolute atomic E-state index is 10.9. The molecule has 0 fully saturated rings. The fourth-order valence-electron chi connectivity index (χ4n) is 0.632. The zero-order valence-corrected chi connectivity index (χ0v) is 8.33. The van der Waals surface area contributed by atoms with Crippen molar-refractivity contribution in [3.63, 3.8) is 0 Å². The van der Waals surface area contributed by atoms with E-state index in [9.17, 15) is 14.4 Å². The van der Waals surface area contributed by atoms with Gasteiger partial charge in [0.15, 0.2) is 0 Å². The monoisotopic (exact) mass is 200 g/mol. The molecule has 0 radical (unpaired) electrons. The van der Waals surface area contributed by atoms with Crippen molar-refractivity contribution in [2.24, 2.45) is 0 Å². The maximum atomic E-state index is 10.9. The van der Waals surface area contributed by atoms with Crippen LogP contribution in [0.1, 0.15) is 27.2 Å². The third-order valence-corrected chi connectivity index (χ3v) is 1.09. The molecule has 0 atom stereocenters. The Morgan fingerprint density at radius 3 is 2.07 bits per heavy atom. The molecule has 0 spiro atoms. The average Bonchev–Trinajstić information content (AvgIpc) is 2.00. The predicted octanol–water partition coefficient (Wildman–Crippen LogP) is 0.933. The highest BCUT2D eigenvalue weighted by Gasteiger charge is 2.11. The normalized spacial score (nSPS) is 10.6. The van der Waals surface area contributed by atoms with E-state index in [0.717, 1.165) is 0 Å². The van der Waals surface area contributed by atoms with Crippen LogP contribution in [0.5, 0.6) is 0 Å². The van der Waals surface area contributed by atoms with E-state index in [1.54, 1.807) is 6.92 Å². The van der Waals surface area contributed by atoms with Crippen molar-refractivity contribution in [3.05, 3.63) is 12.0 Å². The first kappa shape index (κ1) is 12.3. The van der Waals surface area contributed by atoms with Gasteiger partial charge in [-0.05, 0) is 19.9 Å². The molecule has 0 unspecified atom stereocenters. The van der Waals surface area contributed by atoms with Gasteiger partial charge in [-0.25, -0.2) is 0 Å². The van der Waals surface area contributed by atoms with E-state index >= 15 is 0 Å². The van der Waals surface area contributed by atoms with Crippen molar-refractivity contribution >= 4 is 17.7 Å². The van der Waals surface area contributed by atoms with Crippen LogP contribution in [0, 0.1) is 0 Å². The van der Waals surface area contributed by atoms with Gasteiger partial charge in [-0.2, -0.15) is 0 Å². The van der Waals surface area contributed by atoms with Crippen LogP contribution in [0.3, 0.4) is 0 Å². The summed E-state index contributed by atoms with van der Waals surface area (Å²) in [5.41, 5.74) is 0. The maximum Gasteiger partial charge on any atom is 0.321 e. The lowest BCUT2D eigenvalue weighted by Gasteiger charge is -2.05. The molecule has 0 rings (SSSR count). The molecule has 0 N–H and O–H groups in total. The molecule has 0 aliphatic carbocycles. The summed E-state index contributed by atoms with van der Waals surface area (Å²) in [6.07, 6.45) is 0.984. The molecule has 0 heterocycles. The first-order valence-electron chi connectivity index (χ1n) is 4.00. The Kier molecular flexibility index (Phi) is 5.21. The summed E-state index contributed by atoms with van der Waals surface area (Å²) in [5.74, 6) is -1.85. The molecule has 0 aromatic rings. The van der Waals surface area contributed by atoms with Gasteiger partial charge in [0.25, 0.3) is 5.95 Å². The quantitative estimate of drug-likeness (QED) is 0.383. The lowest BCUT2D eigenvalue weighted by Crippen LogP contribution is -2.11. The van der Waals surface area contributed by atoms with Crippen LogP contribution in [0.25, 0.3) is 0 Å². The van der Waals surface area contributed by atoms with Crippen LogP contribution in [0.2, 0.25) is 0 Å². The number of hydrogen-bond donors (Lipinski definition) is 0. The van der Waals surface area contributed by atoms with Gasteiger partial charge in [-0.3, -0.25) is 14.4 Å². The van der Waals surface area contributed by atoms with Crippen LogP contribution in [-0.4, -0.2) is 17.7 Å². The number of hydrogen-bond acceptors (Lipinski definition) is 5. The molecule has 5 nitrogen and oxygen atoms in total. The number of allylic oxidation sites excluding steroid dienone is 1. The van der Waals surface area contributed by atoms with Gasteiger partial charge < -0.3 is 9.47 Å². The Balaban J connectivity index is 4.13. The second-order valence-corrected chi connectivity index (χ2v) is 2.55. The number of carbonyl (C=O) groups excluding carboxylic acids is 3. The Labute approximate surface area is 81.7 Å². The SMILES string of the molecule is CC=C(OC(C)=O)OC(=O)CC(C)=O. The molecule has 78 valence electrons. The van der Waals surface area contributed by atoms with Crippen molar-refractivity contribution in [3.8, 4) is 0 Å². The van der Waals surface area contributed by atoms with E-state index < -0.39 is 11.9 Å². The Morgan fingerprint density at radius 2 is 1.71 bits per heavy atom. The van der Waals surface area contributed by atoms with E-state index in [4.69, 9.17) is 0 Å². The number of Topliss-reactive ketones (excluding diaryl/α,β-unsaturated/α-hetero) is 1. The third kappa shape index (κ3) is 5.93. The van der Waals surface area contributed by atoms with E-state index in [2.05, 4.69) is 9.47 Å². The molecule has 14 heavy (non-hydrogen) atoms. The first-order chi connectivity index (χ1) is 6.45. The molecule has 0 aromatic heterocycles. The molecule has 5 heteroatoms. The molecular weight excluding hydrogens is 188 g/mol. The molecule has 0 saturated heterocycles. The topological polar surface area (TPSA) is 69.7 Å². The zero-order valence-electron chi connectivity index (χ0n) is 8.33. The van der Waals surface area contributed by atoms with Gasteiger partial charge >= 0.3 is 11.9 Å². The zero-order chi connectivity index (χ0) is 11.1. The number of carbonyl (C=O) groups is 3. The van der Waals surface area contributed by atoms with Crippen molar-refractivity contribution in [2.75, 3.05) is 0 Å². The summed E-state index contributed by atoms with van der Waals surface area (Å²) < 4.78 is 9.10.